The van der Waals surface area contributed by atoms with Gasteiger partial charge in [0, 0.05) is 24.5 Å². The first-order chi connectivity index (χ1) is 12.5. The van der Waals surface area contributed by atoms with Crippen molar-refractivity contribution in [2.45, 2.75) is 43.0 Å². The number of nitrogens with one attached hydrogen (secondary N) is 1. The highest BCUT2D eigenvalue weighted by Gasteiger charge is 2.29. The van der Waals surface area contributed by atoms with Crippen LogP contribution in [0.2, 0.25) is 0 Å². The molecule has 2 aliphatic rings. The van der Waals surface area contributed by atoms with Crippen LogP contribution < -0.4 is 9.62 Å². The molecule has 1 aromatic heterocycles. The molecular formula is C19H21N3O3S. The highest BCUT2D eigenvalue weighted by Crippen LogP contribution is 2.31. The number of rotatable bonds is 4. The molecule has 2 heterocycles. The second kappa shape index (κ2) is 6.81. The van der Waals surface area contributed by atoms with Gasteiger partial charge in [0.05, 0.1) is 4.90 Å². The molecule has 0 radical (unpaired) electrons. The molecule has 1 aliphatic heterocycles. The van der Waals surface area contributed by atoms with Crippen LogP contribution in [0.15, 0.2) is 47.5 Å². The van der Waals surface area contributed by atoms with Gasteiger partial charge in [-0.05, 0) is 55.2 Å². The SMILES string of the molecule is O=C(c1ccccn1)N1CCc2cc(S(=O)(=O)NC3CCCC3)ccc21. The van der Waals surface area contributed by atoms with Crippen molar-refractivity contribution in [1.29, 1.82) is 0 Å². The zero-order valence-corrected chi connectivity index (χ0v) is 15.2. The smallest absolute Gasteiger partial charge is 0.276 e. The van der Waals surface area contributed by atoms with E-state index < -0.39 is 10.0 Å². The molecule has 7 heteroatoms. The summed E-state index contributed by atoms with van der Waals surface area (Å²) in [7, 11) is -3.52. The summed E-state index contributed by atoms with van der Waals surface area (Å²) in [5.74, 6) is -0.163. The van der Waals surface area contributed by atoms with E-state index in [0.717, 1.165) is 36.9 Å². The summed E-state index contributed by atoms with van der Waals surface area (Å²) in [6.07, 6.45) is 6.17. The zero-order chi connectivity index (χ0) is 18.1. The average molecular weight is 371 g/mol. The topological polar surface area (TPSA) is 79.4 Å². The van der Waals surface area contributed by atoms with Gasteiger partial charge >= 0.3 is 0 Å². The number of benzene rings is 1. The summed E-state index contributed by atoms with van der Waals surface area (Å²) in [6, 6.07) is 10.3. The van der Waals surface area contributed by atoms with Crippen LogP contribution in [0.25, 0.3) is 0 Å². The number of fused-ring (bicyclic) bond motifs is 1. The zero-order valence-electron chi connectivity index (χ0n) is 14.4. The molecule has 136 valence electrons. The van der Waals surface area contributed by atoms with Crippen molar-refractivity contribution in [2.24, 2.45) is 0 Å². The number of sulfonamides is 1. The van der Waals surface area contributed by atoms with E-state index in [1.54, 1.807) is 47.5 Å². The molecular weight excluding hydrogens is 350 g/mol. The Bertz CT molecular complexity index is 922. The fraction of sp³-hybridized carbons (Fsp3) is 0.368. The van der Waals surface area contributed by atoms with Crippen LogP contribution in [0.5, 0.6) is 0 Å². The molecule has 0 bridgehead atoms. The average Bonchev–Trinajstić information content (AvgIpc) is 3.30. The lowest BCUT2D eigenvalue weighted by atomic mass is 10.2. The Kier molecular flexibility index (Phi) is 4.50. The van der Waals surface area contributed by atoms with Crippen molar-refractivity contribution >= 4 is 21.6 Å². The maximum atomic E-state index is 12.7. The Morgan fingerprint density at radius 2 is 1.96 bits per heavy atom. The fourth-order valence-electron chi connectivity index (χ4n) is 3.71. The van der Waals surface area contributed by atoms with Crippen LogP contribution in [-0.4, -0.2) is 31.9 Å². The van der Waals surface area contributed by atoms with Gasteiger partial charge in [0.25, 0.3) is 5.91 Å². The van der Waals surface area contributed by atoms with Gasteiger partial charge in [-0.1, -0.05) is 18.9 Å². The molecule has 0 unspecified atom stereocenters. The first kappa shape index (κ1) is 17.2. The third kappa shape index (κ3) is 3.24. The molecule has 1 aromatic carbocycles. The molecule has 1 aliphatic carbocycles. The molecule has 1 saturated carbocycles. The summed E-state index contributed by atoms with van der Waals surface area (Å²) in [4.78, 5) is 18.7. The minimum absolute atomic E-state index is 0.0375. The highest BCUT2D eigenvalue weighted by atomic mass is 32.2. The number of anilines is 1. The number of nitrogens with zero attached hydrogens (tertiary/aromatic N) is 2. The Hall–Kier alpha value is -2.25. The number of pyridine rings is 1. The number of amides is 1. The van der Waals surface area contributed by atoms with Gasteiger partial charge in [-0.2, -0.15) is 0 Å². The van der Waals surface area contributed by atoms with Crippen LogP contribution in [0, 0.1) is 0 Å². The summed E-state index contributed by atoms with van der Waals surface area (Å²) in [6.45, 7) is 0.532. The second-order valence-electron chi connectivity index (χ2n) is 6.81. The van der Waals surface area contributed by atoms with Gasteiger partial charge in [0.1, 0.15) is 5.69 Å². The van der Waals surface area contributed by atoms with Gasteiger partial charge in [0.15, 0.2) is 0 Å². The normalized spacial score (nSPS) is 17.5. The first-order valence-corrected chi connectivity index (χ1v) is 10.4. The lowest BCUT2D eigenvalue weighted by Gasteiger charge is -2.17. The van der Waals surface area contributed by atoms with Gasteiger partial charge in [-0.3, -0.25) is 9.78 Å². The van der Waals surface area contributed by atoms with Gasteiger partial charge in [-0.25, -0.2) is 13.1 Å². The Balaban J connectivity index is 1.57. The molecule has 0 spiro atoms. The summed E-state index contributed by atoms with van der Waals surface area (Å²) in [5.41, 5.74) is 2.03. The lowest BCUT2D eigenvalue weighted by Crippen LogP contribution is -2.32. The first-order valence-electron chi connectivity index (χ1n) is 8.93. The lowest BCUT2D eigenvalue weighted by molar-refractivity contribution is 0.0984. The van der Waals surface area contributed by atoms with Crippen LogP contribution in [0.3, 0.4) is 0 Å². The van der Waals surface area contributed by atoms with Crippen molar-refractivity contribution in [3.63, 3.8) is 0 Å². The Morgan fingerprint density at radius 1 is 1.15 bits per heavy atom. The third-order valence-electron chi connectivity index (χ3n) is 5.06. The van der Waals surface area contributed by atoms with Gasteiger partial charge in [0.2, 0.25) is 10.0 Å². The Morgan fingerprint density at radius 3 is 2.69 bits per heavy atom. The minimum Gasteiger partial charge on any atom is -0.306 e. The Labute approximate surface area is 153 Å². The predicted molar refractivity (Wildman–Crippen MR) is 98.6 cm³/mol. The van der Waals surface area contributed by atoms with Crippen LogP contribution in [-0.2, 0) is 16.4 Å². The van der Waals surface area contributed by atoms with E-state index in [-0.39, 0.29) is 16.8 Å². The largest absolute Gasteiger partial charge is 0.306 e. The van der Waals surface area contributed by atoms with E-state index in [9.17, 15) is 13.2 Å². The van der Waals surface area contributed by atoms with Crippen molar-refractivity contribution in [3.05, 3.63) is 53.9 Å². The summed E-state index contributed by atoms with van der Waals surface area (Å²) in [5, 5.41) is 0. The third-order valence-corrected chi connectivity index (χ3v) is 6.58. The van der Waals surface area contributed by atoms with E-state index in [0.29, 0.717) is 18.7 Å². The van der Waals surface area contributed by atoms with Crippen molar-refractivity contribution in [3.8, 4) is 0 Å². The molecule has 0 saturated heterocycles. The molecule has 2 aromatic rings. The summed E-state index contributed by atoms with van der Waals surface area (Å²) >= 11 is 0. The second-order valence-corrected chi connectivity index (χ2v) is 8.53. The van der Waals surface area contributed by atoms with E-state index in [4.69, 9.17) is 0 Å². The molecule has 6 nitrogen and oxygen atoms in total. The van der Waals surface area contributed by atoms with E-state index in [2.05, 4.69) is 9.71 Å². The quantitative estimate of drug-likeness (QED) is 0.896. The molecule has 1 amide bonds. The number of aromatic nitrogens is 1. The van der Waals surface area contributed by atoms with E-state index >= 15 is 0 Å². The number of hydrogen-bond acceptors (Lipinski definition) is 4. The minimum atomic E-state index is -3.52. The predicted octanol–water partition coefficient (Wildman–Crippen LogP) is 2.51. The molecule has 1 fully saturated rings. The van der Waals surface area contributed by atoms with Crippen molar-refractivity contribution in [2.75, 3.05) is 11.4 Å². The van der Waals surface area contributed by atoms with Crippen molar-refractivity contribution in [1.82, 2.24) is 9.71 Å². The molecule has 1 N–H and O–H groups in total. The summed E-state index contributed by atoms with van der Waals surface area (Å²) < 4.78 is 28.1. The number of hydrogen-bond donors (Lipinski definition) is 1. The van der Waals surface area contributed by atoms with Crippen LogP contribution in [0.1, 0.15) is 41.7 Å². The van der Waals surface area contributed by atoms with Crippen LogP contribution in [0.4, 0.5) is 5.69 Å². The standard InChI is InChI=1S/C19H21N3O3S/c23-19(17-7-3-4-11-20-17)22-12-10-14-13-16(8-9-18(14)22)26(24,25)21-15-5-1-2-6-15/h3-4,7-9,11,13,15,21H,1-2,5-6,10,12H2. The molecule has 0 atom stereocenters. The number of carbonyl (C=O) groups is 1. The van der Waals surface area contributed by atoms with Crippen LogP contribution >= 0.6 is 0 Å². The fourth-order valence-corrected chi connectivity index (χ4v) is 5.07. The van der Waals surface area contributed by atoms with Gasteiger partial charge < -0.3 is 4.90 Å². The maximum Gasteiger partial charge on any atom is 0.276 e. The van der Waals surface area contributed by atoms with E-state index in [1.165, 1.54) is 0 Å². The van der Waals surface area contributed by atoms with Gasteiger partial charge in [-0.15, -0.1) is 0 Å². The highest BCUT2D eigenvalue weighted by molar-refractivity contribution is 7.89. The molecule has 26 heavy (non-hydrogen) atoms. The van der Waals surface area contributed by atoms with E-state index in [1.807, 2.05) is 0 Å². The molecule has 4 rings (SSSR count). The number of carbonyl (C=O) groups excluding carboxylic acids is 1. The monoisotopic (exact) mass is 371 g/mol. The van der Waals surface area contributed by atoms with Crippen molar-refractivity contribution < 1.29 is 13.2 Å². The maximum absolute atomic E-state index is 12.7.